The Labute approximate surface area is 201 Å². The molecule has 0 aliphatic carbocycles. The number of carboxylic acid groups (broad SMARTS) is 1. The molecular weight excluding hydrogens is 452 g/mol. The number of nitrogens with zero attached hydrogens (tertiary/aromatic N) is 2. The molecule has 0 bridgehead atoms. The van der Waals surface area contributed by atoms with Crippen molar-refractivity contribution in [2.24, 2.45) is 0 Å². The smallest absolute Gasteiger partial charge is 0.419 e. The first-order valence-electron chi connectivity index (χ1n) is 11.5. The molecule has 184 valence electrons. The molecule has 2 heterocycles. The van der Waals surface area contributed by atoms with Crippen molar-refractivity contribution in [1.29, 1.82) is 0 Å². The predicted octanol–water partition coefficient (Wildman–Crippen LogP) is 2.35. The number of benzene rings is 2. The minimum atomic E-state index is -1.06. The van der Waals surface area contributed by atoms with Crippen LogP contribution in [-0.2, 0) is 20.9 Å². The van der Waals surface area contributed by atoms with Gasteiger partial charge in [-0.15, -0.1) is 0 Å². The summed E-state index contributed by atoms with van der Waals surface area (Å²) >= 11 is 0. The van der Waals surface area contributed by atoms with Crippen LogP contribution in [-0.4, -0.2) is 51.0 Å². The van der Waals surface area contributed by atoms with Gasteiger partial charge in [0.1, 0.15) is 6.04 Å². The molecule has 0 unspecified atom stereocenters. The van der Waals surface area contributed by atoms with E-state index in [-0.39, 0.29) is 18.9 Å². The van der Waals surface area contributed by atoms with Gasteiger partial charge in [-0.2, -0.15) is 0 Å². The normalized spacial score (nSPS) is 20.1. The van der Waals surface area contributed by atoms with E-state index in [0.29, 0.717) is 23.3 Å². The second-order valence-corrected chi connectivity index (χ2v) is 8.67. The average molecular weight is 481 g/mol. The molecule has 1 fully saturated rings. The number of aryl methyl sites for hydroxylation is 1. The van der Waals surface area contributed by atoms with Crippen molar-refractivity contribution in [1.82, 2.24) is 14.8 Å². The Bertz CT molecular complexity index is 1300. The van der Waals surface area contributed by atoms with Gasteiger partial charge in [0.05, 0.1) is 24.1 Å². The quantitative estimate of drug-likeness (QED) is 0.451. The molecule has 1 aromatic heterocycles. The summed E-state index contributed by atoms with van der Waals surface area (Å²) in [6.07, 6.45) is 0.944. The number of fused-ring (bicyclic) bond motifs is 1. The van der Waals surface area contributed by atoms with Crippen LogP contribution in [0.3, 0.4) is 0 Å². The third-order valence-electron chi connectivity index (χ3n) is 6.16. The minimum absolute atomic E-state index is 0.170. The highest BCUT2D eigenvalue weighted by Gasteiger charge is 2.46. The maximum absolute atomic E-state index is 13.0. The Kier molecular flexibility index (Phi) is 7.02. The van der Waals surface area contributed by atoms with Gasteiger partial charge in [-0.1, -0.05) is 37.3 Å². The van der Waals surface area contributed by atoms with E-state index in [1.54, 1.807) is 23.1 Å². The molecule has 4 rings (SSSR count). The van der Waals surface area contributed by atoms with Crippen LogP contribution in [0.2, 0.25) is 0 Å². The van der Waals surface area contributed by atoms with E-state index in [9.17, 15) is 24.3 Å². The maximum atomic E-state index is 13.0. The fraction of sp³-hybridized carbons (Fsp3) is 0.360. The van der Waals surface area contributed by atoms with Gasteiger partial charge < -0.3 is 20.2 Å². The van der Waals surface area contributed by atoms with E-state index in [0.717, 1.165) is 12.0 Å². The number of carbonyl (C=O) groups excluding carboxylic acids is 2. The predicted molar refractivity (Wildman–Crippen MR) is 129 cm³/mol. The van der Waals surface area contributed by atoms with E-state index >= 15 is 0 Å². The second-order valence-electron chi connectivity index (χ2n) is 8.67. The van der Waals surface area contributed by atoms with E-state index in [1.165, 1.54) is 11.5 Å². The average Bonchev–Trinajstić information content (AvgIpc) is 3.30. The van der Waals surface area contributed by atoms with Crippen LogP contribution in [0.5, 0.6) is 0 Å². The van der Waals surface area contributed by atoms with E-state index in [4.69, 9.17) is 4.42 Å². The van der Waals surface area contributed by atoms with Gasteiger partial charge in [0.2, 0.25) is 11.8 Å². The first kappa shape index (κ1) is 24.2. The summed E-state index contributed by atoms with van der Waals surface area (Å²) in [5.74, 6) is -2.21. The van der Waals surface area contributed by atoms with Crippen LogP contribution in [0, 0.1) is 0 Å². The zero-order chi connectivity index (χ0) is 25.1. The van der Waals surface area contributed by atoms with Crippen molar-refractivity contribution in [3.63, 3.8) is 0 Å². The second kappa shape index (κ2) is 10.1. The van der Waals surface area contributed by atoms with Crippen LogP contribution < -0.4 is 16.4 Å². The lowest BCUT2D eigenvalue weighted by Gasteiger charge is -2.30. The van der Waals surface area contributed by atoms with Crippen LogP contribution in [0.15, 0.2) is 57.7 Å². The standard InChI is InChI=1S/C25H28N4O6/c1-3-11-28-19-10-9-17(12-21(19)35-25(28)34)27-22(31)14-29-20(24(32)33)13-18(26-15(2)30)23(29)16-7-5-4-6-8-16/h4-10,12,18,20,23H,3,11,13-14H2,1-2H3,(H,26,30)(H,27,31)(H,32,33)/t18-,20-,23-/m0/s1. The fourth-order valence-electron chi connectivity index (χ4n) is 4.80. The zero-order valence-corrected chi connectivity index (χ0v) is 19.6. The van der Waals surface area contributed by atoms with Crippen molar-refractivity contribution in [2.75, 3.05) is 11.9 Å². The van der Waals surface area contributed by atoms with Crippen LogP contribution in [0.1, 0.15) is 38.3 Å². The van der Waals surface area contributed by atoms with E-state index in [1.807, 2.05) is 37.3 Å². The summed E-state index contributed by atoms with van der Waals surface area (Å²) in [5, 5.41) is 15.5. The Morgan fingerprint density at radius 2 is 1.89 bits per heavy atom. The number of carboxylic acids is 1. The topological polar surface area (TPSA) is 134 Å². The number of nitrogens with one attached hydrogen (secondary N) is 2. The van der Waals surface area contributed by atoms with Crippen LogP contribution in [0.25, 0.3) is 11.1 Å². The molecule has 35 heavy (non-hydrogen) atoms. The molecule has 2 aromatic carbocycles. The molecule has 1 saturated heterocycles. The van der Waals surface area contributed by atoms with E-state index in [2.05, 4.69) is 10.6 Å². The number of hydrogen-bond acceptors (Lipinski definition) is 6. The first-order chi connectivity index (χ1) is 16.8. The molecule has 10 nitrogen and oxygen atoms in total. The number of aliphatic carboxylic acids is 1. The highest BCUT2D eigenvalue weighted by Crippen LogP contribution is 2.36. The summed E-state index contributed by atoms with van der Waals surface area (Å²) in [7, 11) is 0. The highest BCUT2D eigenvalue weighted by atomic mass is 16.4. The number of oxazole rings is 1. The highest BCUT2D eigenvalue weighted by molar-refractivity contribution is 5.94. The number of carbonyl (C=O) groups is 3. The molecule has 10 heteroatoms. The number of rotatable bonds is 8. The Morgan fingerprint density at radius 3 is 2.54 bits per heavy atom. The van der Waals surface area contributed by atoms with Gasteiger partial charge in [-0.25, -0.2) is 4.79 Å². The van der Waals surface area contributed by atoms with Gasteiger partial charge in [0.15, 0.2) is 5.58 Å². The molecule has 3 aromatic rings. The van der Waals surface area contributed by atoms with Crippen LogP contribution in [0.4, 0.5) is 5.69 Å². The van der Waals surface area contributed by atoms with Gasteiger partial charge in [-0.05, 0) is 30.5 Å². The molecular formula is C25H28N4O6. The lowest BCUT2D eigenvalue weighted by atomic mass is 9.99. The minimum Gasteiger partial charge on any atom is -0.480 e. The van der Waals surface area contributed by atoms with Gasteiger partial charge in [0.25, 0.3) is 0 Å². The number of aromatic nitrogens is 1. The summed E-state index contributed by atoms with van der Waals surface area (Å²) in [6.45, 7) is 3.67. The van der Waals surface area contributed by atoms with Crippen LogP contribution >= 0.6 is 0 Å². The summed E-state index contributed by atoms with van der Waals surface area (Å²) in [6, 6.07) is 12.3. The maximum Gasteiger partial charge on any atom is 0.419 e. The zero-order valence-electron chi connectivity index (χ0n) is 19.6. The summed E-state index contributed by atoms with van der Waals surface area (Å²) in [4.78, 5) is 50.6. The lowest BCUT2D eigenvalue weighted by Crippen LogP contribution is -2.44. The molecule has 1 aliphatic rings. The Balaban J connectivity index is 1.58. The van der Waals surface area contributed by atoms with Crippen molar-refractivity contribution < 1.29 is 23.9 Å². The fourth-order valence-corrected chi connectivity index (χ4v) is 4.80. The third-order valence-corrected chi connectivity index (χ3v) is 6.16. The largest absolute Gasteiger partial charge is 0.480 e. The molecule has 2 amide bonds. The number of anilines is 1. The van der Waals surface area contributed by atoms with Crippen molar-refractivity contribution in [3.8, 4) is 0 Å². The number of hydrogen-bond donors (Lipinski definition) is 3. The van der Waals surface area contributed by atoms with Gasteiger partial charge in [-0.3, -0.25) is 23.9 Å². The monoisotopic (exact) mass is 480 g/mol. The molecule has 0 radical (unpaired) electrons. The molecule has 3 atom stereocenters. The van der Waals surface area contributed by atoms with Crippen molar-refractivity contribution in [3.05, 3.63) is 64.6 Å². The molecule has 3 N–H and O–H groups in total. The Hall–Kier alpha value is -3.92. The number of amides is 2. The first-order valence-corrected chi connectivity index (χ1v) is 11.5. The van der Waals surface area contributed by atoms with Gasteiger partial charge in [0, 0.05) is 25.2 Å². The third kappa shape index (κ3) is 5.12. The summed E-state index contributed by atoms with van der Waals surface area (Å²) < 4.78 is 6.85. The van der Waals surface area contributed by atoms with Crippen molar-refractivity contribution in [2.45, 2.75) is 51.4 Å². The summed E-state index contributed by atoms with van der Waals surface area (Å²) in [5.41, 5.74) is 2.24. The molecule has 0 spiro atoms. The van der Waals surface area contributed by atoms with Crippen molar-refractivity contribution >= 4 is 34.6 Å². The lowest BCUT2D eigenvalue weighted by molar-refractivity contribution is -0.143. The van der Waals surface area contributed by atoms with Gasteiger partial charge >= 0.3 is 11.7 Å². The number of likely N-dealkylation sites (tertiary alicyclic amines) is 1. The molecule has 1 aliphatic heterocycles. The molecule has 0 saturated carbocycles. The SMILES string of the molecule is CCCn1c(=O)oc2cc(NC(=O)CN3[C@H](C(=O)O)C[C@H](NC(C)=O)[C@@H]3c3ccccc3)ccc21. The van der Waals surface area contributed by atoms with E-state index < -0.39 is 35.8 Å². The Morgan fingerprint density at radius 1 is 1.14 bits per heavy atom.